The summed E-state index contributed by atoms with van der Waals surface area (Å²) < 4.78 is 5.38. The van der Waals surface area contributed by atoms with E-state index in [1.165, 1.54) is 0 Å². The molecule has 2 aromatic rings. The van der Waals surface area contributed by atoms with Gasteiger partial charge >= 0.3 is 0 Å². The van der Waals surface area contributed by atoms with E-state index in [-0.39, 0.29) is 5.91 Å². The number of rotatable bonds is 3. The van der Waals surface area contributed by atoms with Gasteiger partial charge in [0, 0.05) is 18.1 Å². The Morgan fingerprint density at radius 3 is 3.25 bits per heavy atom. The molecule has 6 nitrogen and oxygen atoms in total. The number of ether oxygens (including phenoxy) is 1. The van der Waals surface area contributed by atoms with E-state index in [2.05, 4.69) is 20.6 Å². The molecule has 0 spiro atoms. The lowest BCUT2D eigenvalue weighted by molar-refractivity contribution is -0.134. The van der Waals surface area contributed by atoms with Crippen molar-refractivity contribution >= 4 is 28.5 Å². The number of carbonyl (C=O) groups excluding carboxylic acids is 1. The van der Waals surface area contributed by atoms with Crippen LogP contribution in [0.5, 0.6) is 0 Å². The summed E-state index contributed by atoms with van der Waals surface area (Å²) in [4.78, 5) is 19.4. The van der Waals surface area contributed by atoms with Crippen LogP contribution in [0.4, 0.5) is 0 Å². The van der Waals surface area contributed by atoms with E-state index < -0.39 is 6.10 Å². The largest absolute Gasteiger partial charge is 0.366 e. The van der Waals surface area contributed by atoms with E-state index in [9.17, 15) is 4.79 Å². The predicted octanol–water partition coefficient (Wildman–Crippen LogP) is 0.821. The molecule has 20 heavy (non-hydrogen) atoms. The molecule has 1 amide bonds. The van der Waals surface area contributed by atoms with Gasteiger partial charge in [0.15, 0.2) is 0 Å². The number of nitrogens with zero attached hydrogens (tertiary/aromatic N) is 1. The number of carbonyl (C=O) groups is 1. The first-order chi connectivity index (χ1) is 9.72. The van der Waals surface area contributed by atoms with Gasteiger partial charge in [-0.3, -0.25) is 4.79 Å². The topological polar surface area (TPSA) is 79.0 Å². The predicted molar refractivity (Wildman–Crippen MR) is 75.6 cm³/mol. The number of aromatic nitrogens is 2. The third-order valence-electron chi connectivity index (χ3n) is 3.14. The number of H-pyrrole nitrogens is 1. The lowest BCUT2D eigenvalue weighted by Crippen LogP contribution is -2.47. The quantitative estimate of drug-likeness (QED) is 0.783. The molecule has 1 aliphatic rings. The lowest BCUT2D eigenvalue weighted by atomic mass is 10.3. The number of halogens is 1. The Balaban J connectivity index is 1.63. The van der Waals surface area contributed by atoms with Crippen molar-refractivity contribution in [3.05, 3.63) is 29.0 Å². The molecule has 0 saturated carbocycles. The first-order valence-corrected chi connectivity index (χ1v) is 6.84. The second kappa shape index (κ2) is 5.78. The average molecular weight is 295 g/mol. The third-order valence-corrected chi connectivity index (χ3v) is 3.38. The fourth-order valence-electron chi connectivity index (χ4n) is 2.14. The van der Waals surface area contributed by atoms with Crippen molar-refractivity contribution < 1.29 is 9.53 Å². The van der Waals surface area contributed by atoms with Gasteiger partial charge in [0.25, 0.3) is 5.91 Å². The third kappa shape index (κ3) is 2.92. The van der Waals surface area contributed by atoms with Crippen LogP contribution in [0, 0.1) is 0 Å². The molecule has 1 fully saturated rings. The van der Waals surface area contributed by atoms with E-state index in [4.69, 9.17) is 16.3 Å². The molecule has 0 bridgehead atoms. The van der Waals surface area contributed by atoms with Gasteiger partial charge in [0.05, 0.1) is 24.2 Å². The molecule has 106 valence electrons. The van der Waals surface area contributed by atoms with Gasteiger partial charge in [-0.15, -0.1) is 0 Å². The van der Waals surface area contributed by atoms with Gasteiger partial charge in [-0.2, -0.15) is 0 Å². The molecule has 1 aliphatic heterocycles. The number of hydrogen-bond donors (Lipinski definition) is 3. The molecule has 1 aromatic carbocycles. The van der Waals surface area contributed by atoms with E-state index in [1.807, 2.05) is 12.1 Å². The summed E-state index contributed by atoms with van der Waals surface area (Å²) in [5.41, 5.74) is 1.69. The van der Waals surface area contributed by atoms with Gasteiger partial charge in [-0.05, 0) is 18.2 Å². The number of aromatic amines is 1. The normalized spacial score (nSPS) is 19.1. The minimum atomic E-state index is -0.428. The Morgan fingerprint density at radius 1 is 1.55 bits per heavy atom. The molecular weight excluding hydrogens is 280 g/mol. The zero-order valence-corrected chi connectivity index (χ0v) is 11.5. The molecule has 3 N–H and O–H groups in total. The standard InChI is InChI=1S/C13H15ClN4O2/c14-8-1-2-9-10(5-8)18-12(17-9)7-16-13(19)11-6-15-3-4-20-11/h1-2,5,11,15H,3-4,6-7H2,(H,16,19)(H,17,18). The van der Waals surface area contributed by atoms with Crippen LogP contribution in [0.1, 0.15) is 5.82 Å². The molecule has 7 heteroatoms. The summed E-state index contributed by atoms with van der Waals surface area (Å²) in [5.74, 6) is 0.565. The molecule has 1 saturated heterocycles. The van der Waals surface area contributed by atoms with Crippen molar-refractivity contribution in [1.82, 2.24) is 20.6 Å². The zero-order valence-electron chi connectivity index (χ0n) is 10.8. The molecule has 1 atom stereocenters. The second-order valence-electron chi connectivity index (χ2n) is 4.63. The average Bonchev–Trinajstić information content (AvgIpc) is 2.87. The van der Waals surface area contributed by atoms with Crippen molar-refractivity contribution in [2.45, 2.75) is 12.6 Å². The SMILES string of the molecule is O=C(NCc1nc2ccc(Cl)cc2[nH]1)C1CNCCO1. The van der Waals surface area contributed by atoms with Crippen LogP contribution in [-0.2, 0) is 16.1 Å². The van der Waals surface area contributed by atoms with Crippen molar-refractivity contribution in [3.8, 4) is 0 Å². The number of imidazole rings is 1. The molecule has 0 aliphatic carbocycles. The Hall–Kier alpha value is -1.63. The number of hydrogen-bond acceptors (Lipinski definition) is 4. The van der Waals surface area contributed by atoms with E-state index in [0.29, 0.717) is 30.5 Å². The van der Waals surface area contributed by atoms with E-state index in [1.54, 1.807) is 6.07 Å². The minimum Gasteiger partial charge on any atom is -0.366 e. The molecule has 1 unspecified atom stereocenters. The summed E-state index contributed by atoms with van der Waals surface area (Å²) in [7, 11) is 0. The monoisotopic (exact) mass is 294 g/mol. The minimum absolute atomic E-state index is 0.129. The Labute approximate surface area is 120 Å². The number of nitrogens with one attached hydrogen (secondary N) is 3. The zero-order chi connectivity index (χ0) is 13.9. The number of morpholine rings is 1. The summed E-state index contributed by atoms with van der Waals surface area (Å²) in [6.07, 6.45) is -0.428. The highest BCUT2D eigenvalue weighted by atomic mass is 35.5. The Bertz CT molecular complexity index is 622. The van der Waals surface area contributed by atoms with E-state index >= 15 is 0 Å². The molecule has 1 aromatic heterocycles. The highest BCUT2D eigenvalue weighted by molar-refractivity contribution is 6.31. The summed E-state index contributed by atoms with van der Waals surface area (Å²) >= 11 is 5.92. The lowest BCUT2D eigenvalue weighted by Gasteiger charge is -2.22. The number of benzene rings is 1. The molecule has 0 radical (unpaired) electrons. The maximum atomic E-state index is 11.9. The fourth-order valence-corrected chi connectivity index (χ4v) is 2.31. The Morgan fingerprint density at radius 2 is 2.45 bits per heavy atom. The molecular formula is C13H15ClN4O2. The van der Waals surface area contributed by atoms with Crippen LogP contribution in [0.15, 0.2) is 18.2 Å². The molecule has 2 heterocycles. The van der Waals surface area contributed by atoms with Crippen LogP contribution in [0.25, 0.3) is 11.0 Å². The van der Waals surface area contributed by atoms with Crippen molar-refractivity contribution in [3.63, 3.8) is 0 Å². The van der Waals surface area contributed by atoms with Crippen LogP contribution >= 0.6 is 11.6 Å². The van der Waals surface area contributed by atoms with Gasteiger partial charge < -0.3 is 20.4 Å². The number of fused-ring (bicyclic) bond motifs is 1. The maximum Gasteiger partial charge on any atom is 0.250 e. The van der Waals surface area contributed by atoms with Crippen molar-refractivity contribution in [1.29, 1.82) is 0 Å². The van der Waals surface area contributed by atoms with Gasteiger partial charge in [0.1, 0.15) is 11.9 Å². The maximum absolute atomic E-state index is 11.9. The van der Waals surface area contributed by atoms with Crippen molar-refractivity contribution in [2.75, 3.05) is 19.7 Å². The van der Waals surface area contributed by atoms with Crippen LogP contribution in [0.3, 0.4) is 0 Å². The van der Waals surface area contributed by atoms with E-state index in [0.717, 1.165) is 17.6 Å². The first kappa shape index (κ1) is 13.4. The first-order valence-electron chi connectivity index (χ1n) is 6.46. The summed E-state index contributed by atoms with van der Waals surface area (Å²) in [5, 5.41) is 6.58. The highest BCUT2D eigenvalue weighted by Gasteiger charge is 2.21. The summed E-state index contributed by atoms with van der Waals surface area (Å²) in [6.45, 7) is 2.22. The van der Waals surface area contributed by atoms with Crippen LogP contribution in [0.2, 0.25) is 5.02 Å². The smallest absolute Gasteiger partial charge is 0.250 e. The van der Waals surface area contributed by atoms with Gasteiger partial charge in [-0.25, -0.2) is 4.98 Å². The van der Waals surface area contributed by atoms with Crippen molar-refractivity contribution in [2.24, 2.45) is 0 Å². The fraction of sp³-hybridized carbons (Fsp3) is 0.385. The van der Waals surface area contributed by atoms with Gasteiger partial charge in [-0.1, -0.05) is 11.6 Å². The van der Waals surface area contributed by atoms with Crippen LogP contribution < -0.4 is 10.6 Å². The van der Waals surface area contributed by atoms with Gasteiger partial charge in [0.2, 0.25) is 0 Å². The molecule has 3 rings (SSSR count). The second-order valence-corrected chi connectivity index (χ2v) is 5.06. The Kier molecular flexibility index (Phi) is 3.86. The number of amides is 1. The summed E-state index contributed by atoms with van der Waals surface area (Å²) in [6, 6.07) is 5.44. The highest BCUT2D eigenvalue weighted by Crippen LogP contribution is 2.17. The van der Waals surface area contributed by atoms with Crippen LogP contribution in [-0.4, -0.2) is 41.7 Å².